The minimum atomic E-state index is -0.456. The lowest BCUT2D eigenvalue weighted by Crippen LogP contribution is -2.33. The lowest BCUT2D eigenvalue weighted by atomic mass is 10.1. The number of non-ortho nitro benzene ring substituents is 1. The van der Waals surface area contributed by atoms with Gasteiger partial charge in [0, 0.05) is 49.4 Å². The van der Waals surface area contributed by atoms with Crippen LogP contribution in [0.5, 0.6) is 0 Å². The standard InChI is InChI=1S/C19H22N4O4/c1-14-4-2-3-5-17(14)19(25)22-11-10-18(24)21-13-12-20-15-6-8-16(9-7-15)23(26)27/h2-9,20H,10-13H2,1H3,(H,21,24)(H,22,25). The molecular formula is C19H22N4O4. The number of nitrogens with zero attached hydrogens (tertiary/aromatic N) is 1. The summed E-state index contributed by atoms with van der Waals surface area (Å²) in [6.07, 6.45) is 0.190. The van der Waals surface area contributed by atoms with Gasteiger partial charge < -0.3 is 16.0 Å². The molecule has 142 valence electrons. The highest BCUT2D eigenvalue weighted by Crippen LogP contribution is 2.14. The number of hydrogen-bond donors (Lipinski definition) is 3. The summed E-state index contributed by atoms with van der Waals surface area (Å²) in [7, 11) is 0. The summed E-state index contributed by atoms with van der Waals surface area (Å²) in [4.78, 5) is 34.0. The predicted molar refractivity (Wildman–Crippen MR) is 103 cm³/mol. The molecule has 0 saturated heterocycles. The van der Waals surface area contributed by atoms with Crippen LogP contribution in [0.2, 0.25) is 0 Å². The highest BCUT2D eigenvalue weighted by Gasteiger charge is 2.08. The molecule has 0 atom stereocenters. The Bertz CT molecular complexity index is 806. The summed E-state index contributed by atoms with van der Waals surface area (Å²) in [5.41, 5.74) is 2.25. The van der Waals surface area contributed by atoms with Gasteiger partial charge in [0.25, 0.3) is 11.6 Å². The number of benzene rings is 2. The molecule has 0 aliphatic heterocycles. The Morgan fingerprint density at radius 2 is 1.67 bits per heavy atom. The summed E-state index contributed by atoms with van der Waals surface area (Å²) < 4.78 is 0. The molecule has 0 bridgehead atoms. The van der Waals surface area contributed by atoms with E-state index >= 15 is 0 Å². The third-order valence-corrected chi connectivity index (χ3v) is 3.88. The van der Waals surface area contributed by atoms with E-state index in [1.165, 1.54) is 12.1 Å². The maximum Gasteiger partial charge on any atom is 0.269 e. The molecule has 27 heavy (non-hydrogen) atoms. The molecule has 0 saturated carbocycles. The summed E-state index contributed by atoms with van der Waals surface area (Å²) in [6, 6.07) is 13.3. The second-order valence-electron chi connectivity index (χ2n) is 5.90. The molecule has 8 nitrogen and oxygen atoms in total. The number of carbonyl (C=O) groups excluding carboxylic acids is 2. The maximum atomic E-state index is 12.0. The first-order chi connectivity index (χ1) is 13.0. The Balaban J connectivity index is 1.61. The van der Waals surface area contributed by atoms with E-state index < -0.39 is 4.92 Å². The van der Waals surface area contributed by atoms with Crippen LogP contribution < -0.4 is 16.0 Å². The van der Waals surface area contributed by atoms with Gasteiger partial charge in [0.05, 0.1) is 4.92 Å². The van der Waals surface area contributed by atoms with E-state index in [1.807, 2.05) is 19.1 Å². The van der Waals surface area contributed by atoms with Crippen LogP contribution in [0.3, 0.4) is 0 Å². The van der Waals surface area contributed by atoms with Gasteiger partial charge in [0.1, 0.15) is 0 Å². The zero-order chi connectivity index (χ0) is 19.6. The zero-order valence-corrected chi connectivity index (χ0v) is 15.0. The van der Waals surface area contributed by atoms with Gasteiger partial charge in [-0.25, -0.2) is 0 Å². The molecule has 0 spiro atoms. The van der Waals surface area contributed by atoms with Crippen LogP contribution in [-0.2, 0) is 4.79 Å². The van der Waals surface area contributed by atoms with Crippen LogP contribution in [0.1, 0.15) is 22.3 Å². The third kappa shape index (κ3) is 6.43. The first-order valence-corrected chi connectivity index (χ1v) is 8.56. The first-order valence-electron chi connectivity index (χ1n) is 8.56. The number of carbonyl (C=O) groups is 2. The summed E-state index contributed by atoms with van der Waals surface area (Å²) >= 11 is 0. The molecule has 0 radical (unpaired) electrons. The monoisotopic (exact) mass is 370 g/mol. The number of nitrogens with one attached hydrogen (secondary N) is 3. The SMILES string of the molecule is Cc1ccccc1C(=O)NCCC(=O)NCCNc1ccc([N+](=O)[O-])cc1. The fourth-order valence-corrected chi connectivity index (χ4v) is 2.41. The number of aryl methyl sites for hydroxylation is 1. The van der Waals surface area contributed by atoms with Crippen LogP contribution in [0.15, 0.2) is 48.5 Å². The first kappa shape index (κ1) is 19.9. The van der Waals surface area contributed by atoms with Gasteiger partial charge >= 0.3 is 0 Å². The molecule has 8 heteroatoms. The number of amides is 2. The molecular weight excluding hydrogens is 348 g/mol. The summed E-state index contributed by atoms with van der Waals surface area (Å²) in [5, 5.41) is 19.1. The predicted octanol–water partition coefficient (Wildman–Crippen LogP) is 2.25. The minimum absolute atomic E-state index is 0.0293. The lowest BCUT2D eigenvalue weighted by Gasteiger charge is -2.09. The Morgan fingerprint density at radius 1 is 0.963 bits per heavy atom. The number of nitro benzene ring substituents is 1. The van der Waals surface area contributed by atoms with Gasteiger partial charge in [0.15, 0.2) is 0 Å². The molecule has 0 fully saturated rings. The fraction of sp³-hybridized carbons (Fsp3) is 0.263. The van der Waals surface area contributed by atoms with E-state index in [2.05, 4.69) is 16.0 Å². The number of rotatable bonds is 9. The molecule has 0 aromatic heterocycles. The highest BCUT2D eigenvalue weighted by molar-refractivity contribution is 5.95. The van der Waals surface area contributed by atoms with Crippen LogP contribution >= 0.6 is 0 Å². The highest BCUT2D eigenvalue weighted by atomic mass is 16.6. The van der Waals surface area contributed by atoms with Crippen molar-refractivity contribution in [1.29, 1.82) is 0 Å². The van der Waals surface area contributed by atoms with Crippen molar-refractivity contribution in [3.63, 3.8) is 0 Å². The van der Waals surface area contributed by atoms with E-state index in [9.17, 15) is 19.7 Å². The van der Waals surface area contributed by atoms with Gasteiger partial charge in [-0.15, -0.1) is 0 Å². The van der Waals surface area contributed by atoms with E-state index in [-0.39, 0.29) is 30.5 Å². The van der Waals surface area contributed by atoms with Gasteiger partial charge in [-0.1, -0.05) is 18.2 Å². The molecule has 0 unspecified atom stereocenters. The molecule has 0 aliphatic carbocycles. The minimum Gasteiger partial charge on any atom is -0.383 e. The fourth-order valence-electron chi connectivity index (χ4n) is 2.41. The van der Waals surface area contributed by atoms with E-state index in [4.69, 9.17) is 0 Å². The number of anilines is 1. The van der Waals surface area contributed by atoms with Crippen molar-refractivity contribution in [3.05, 3.63) is 69.8 Å². The molecule has 2 amide bonds. The van der Waals surface area contributed by atoms with Crippen molar-refractivity contribution < 1.29 is 14.5 Å². The lowest BCUT2D eigenvalue weighted by molar-refractivity contribution is -0.384. The van der Waals surface area contributed by atoms with Gasteiger partial charge in [-0.05, 0) is 30.7 Å². The van der Waals surface area contributed by atoms with Gasteiger partial charge in [-0.2, -0.15) is 0 Å². The van der Waals surface area contributed by atoms with E-state index in [0.29, 0.717) is 18.7 Å². The van der Waals surface area contributed by atoms with E-state index in [0.717, 1.165) is 11.3 Å². The van der Waals surface area contributed by atoms with Gasteiger partial charge in [0.2, 0.25) is 5.91 Å². The quantitative estimate of drug-likeness (QED) is 0.356. The average molecular weight is 370 g/mol. The number of hydrogen-bond acceptors (Lipinski definition) is 5. The largest absolute Gasteiger partial charge is 0.383 e. The third-order valence-electron chi connectivity index (χ3n) is 3.88. The normalized spacial score (nSPS) is 10.1. The maximum absolute atomic E-state index is 12.0. The molecule has 3 N–H and O–H groups in total. The summed E-state index contributed by atoms with van der Waals surface area (Å²) in [5.74, 6) is -0.355. The smallest absolute Gasteiger partial charge is 0.269 e. The molecule has 0 aliphatic rings. The van der Waals surface area contributed by atoms with Crippen molar-refractivity contribution >= 4 is 23.2 Å². The van der Waals surface area contributed by atoms with Crippen LogP contribution in [0.25, 0.3) is 0 Å². The van der Waals surface area contributed by atoms with Crippen molar-refractivity contribution in [2.75, 3.05) is 25.0 Å². The second kappa shape index (κ2) is 9.91. The Labute approximate surface area is 157 Å². The second-order valence-corrected chi connectivity index (χ2v) is 5.90. The Kier molecular flexibility index (Phi) is 7.30. The number of nitro groups is 1. The van der Waals surface area contributed by atoms with Crippen molar-refractivity contribution in [2.24, 2.45) is 0 Å². The molecule has 2 aromatic rings. The molecule has 2 aromatic carbocycles. The van der Waals surface area contributed by atoms with Crippen molar-refractivity contribution in [3.8, 4) is 0 Å². The van der Waals surface area contributed by atoms with Crippen LogP contribution in [0, 0.1) is 17.0 Å². The Hall–Kier alpha value is -3.42. The van der Waals surface area contributed by atoms with Crippen molar-refractivity contribution in [2.45, 2.75) is 13.3 Å². The Morgan fingerprint density at radius 3 is 2.33 bits per heavy atom. The average Bonchev–Trinajstić information content (AvgIpc) is 2.66. The zero-order valence-electron chi connectivity index (χ0n) is 15.0. The molecule has 2 rings (SSSR count). The van der Waals surface area contributed by atoms with E-state index in [1.54, 1.807) is 24.3 Å². The topological polar surface area (TPSA) is 113 Å². The van der Waals surface area contributed by atoms with Crippen molar-refractivity contribution in [1.82, 2.24) is 10.6 Å². The molecule has 0 heterocycles. The summed E-state index contributed by atoms with van der Waals surface area (Å²) in [6.45, 7) is 3.01. The van der Waals surface area contributed by atoms with Crippen LogP contribution in [0.4, 0.5) is 11.4 Å². The van der Waals surface area contributed by atoms with Gasteiger partial charge in [-0.3, -0.25) is 19.7 Å². The van der Waals surface area contributed by atoms with Crippen LogP contribution in [-0.4, -0.2) is 36.4 Å².